The van der Waals surface area contributed by atoms with E-state index in [0.717, 1.165) is 17.1 Å². The van der Waals surface area contributed by atoms with Crippen LogP contribution in [-0.4, -0.2) is 315 Å². The van der Waals surface area contributed by atoms with Gasteiger partial charge in [-0.15, -0.1) is 0 Å². The van der Waals surface area contributed by atoms with E-state index >= 15 is 0 Å². The molecule has 15 N–H and O–H groups in total. The number of nitrogens with zero attached hydrogens (tertiary/aromatic N) is 1. The van der Waals surface area contributed by atoms with Crippen LogP contribution in [0.4, 0.5) is 0 Å². The highest BCUT2D eigenvalue weighted by Gasteiger charge is 2.34. The molecule has 0 aromatic carbocycles. The van der Waals surface area contributed by atoms with Gasteiger partial charge in [-0.25, -0.2) is 4.79 Å². The molecule has 1 aliphatic rings. The predicted octanol–water partition coefficient (Wildman–Crippen LogP) is -8.47. The number of hydrogen-bond donors (Lipinski definition) is 15. The zero-order valence-electron chi connectivity index (χ0n) is 47.9. The van der Waals surface area contributed by atoms with Gasteiger partial charge in [-0.1, -0.05) is 0 Å². The van der Waals surface area contributed by atoms with Crippen molar-refractivity contribution in [1.29, 1.82) is 0 Å². The van der Waals surface area contributed by atoms with Crippen molar-refractivity contribution in [2.24, 2.45) is 0 Å². The van der Waals surface area contributed by atoms with Crippen molar-refractivity contribution in [3.63, 3.8) is 0 Å². The Morgan fingerprint density at radius 2 is 0.810 bits per heavy atom. The maximum atomic E-state index is 13.0. The van der Waals surface area contributed by atoms with E-state index in [4.69, 9.17) is 52.8 Å². The van der Waals surface area contributed by atoms with Crippen molar-refractivity contribution in [3.8, 4) is 0 Å². The Bertz CT molecular complexity index is 1920. The first-order valence-electron chi connectivity index (χ1n) is 27.4. The molecule has 0 aromatic rings. The minimum atomic E-state index is -1.99. The van der Waals surface area contributed by atoms with Gasteiger partial charge in [-0.05, 0) is 33.6 Å². The molecule has 0 aliphatic carbocycles. The second-order valence-corrected chi connectivity index (χ2v) is 19.6. The van der Waals surface area contributed by atoms with Crippen molar-refractivity contribution >= 4 is 47.3 Å². The van der Waals surface area contributed by atoms with E-state index in [2.05, 4.69) is 26.6 Å². The number of esters is 1. The predicted molar refractivity (Wildman–Crippen MR) is 286 cm³/mol. The van der Waals surface area contributed by atoms with Crippen molar-refractivity contribution in [2.75, 3.05) is 145 Å². The SMILES string of the molecule is CC(C)(C)OC(=O)[C@H](CCC(=O)NCCOCCOCCOCCOCCOCCOCCOCCOCCC(=O)N[C@@H](CCC(=O)NC[C@H](O)[C@@H](O)[C@H](O)[C@H](O)CO)C(=O)NC[C@H](O)[C@@H](O)[C@H](O)[C@H](O)CO)NC(=O)CN1C(=O)C=CC1=O. The summed E-state index contributed by atoms with van der Waals surface area (Å²) in [5.41, 5.74) is -0.868. The van der Waals surface area contributed by atoms with Crippen LogP contribution < -0.4 is 26.6 Å². The molecule has 1 rings (SSSR count). The fraction of sp³-hybridized carbons (Fsp3) is 0.804. The molecule has 0 radical (unpaired) electrons. The van der Waals surface area contributed by atoms with Crippen molar-refractivity contribution in [3.05, 3.63) is 12.2 Å². The Balaban J connectivity index is 2.14. The molecule has 0 fully saturated rings. The van der Waals surface area contributed by atoms with Gasteiger partial charge in [0.2, 0.25) is 29.5 Å². The molecular weight excluding hydrogens is 1130 g/mol. The number of carbonyl (C=O) groups excluding carboxylic acids is 8. The van der Waals surface area contributed by atoms with Crippen LogP contribution in [0.15, 0.2) is 12.2 Å². The molecule has 1 aliphatic heterocycles. The van der Waals surface area contributed by atoms with Crippen LogP contribution in [0.5, 0.6) is 0 Å². The summed E-state index contributed by atoms with van der Waals surface area (Å²) in [5, 5.41) is 109. The van der Waals surface area contributed by atoms with Crippen LogP contribution in [0.3, 0.4) is 0 Å². The average molecular weight is 1220 g/mol. The number of rotatable bonds is 51. The lowest BCUT2D eigenvalue weighted by atomic mass is 10.0. The molecule has 0 unspecified atom stereocenters. The van der Waals surface area contributed by atoms with Crippen molar-refractivity contribution in [2.45, 2.75) is 119 Å². The van der Waals surface area contributed by atoms with Gasteiger partial charge in [0.25, 0.3) is 11.8 Å². The van der Waals surface area contributed by atoms with Gasteiger partial charge in [0, 0.05) is 51.0 Å². The fourth-order valence-electron chi connectivity index (χ4n) is 6.84. The lowest BCUT2D eigenvalue weighted by molar-refractivity contribution is -0.159. The zero-order chi connectivity index (χ0) is 62.9. The van der Waals surface area contributed by atoms with E-state index in [0.29, 0.717) is 59.5 Å². The monoisotopic (exact) mass is 1220 g/mol. The third kappa shape index (κ3) is 36.1. The molecule has 0 saturated carbocycles. The summed E-state index contributed by atoms with van der Waals surface area (Å²) in [5.74, 6) is -5.61. The van der Waals surface area contributed by atoms with E-state index in [1.54, 1.807) is 20.8 Å². The lowest BCUT2D eigenvalue weighted by Crippen LogP contribution is -2.53. The highest BCUT2D eigenvalue weighted by atomic mass is 16.6. The largest absolute Gasteiger partial charge is 0.458 e. The van der Waals surface area contributed by atoms with Gasteiger partial charge < -0.3 is 120 Å². The van der Waals surface area contributed by atoms with Crippen LogP contribution in [0.25, 0.3) is 0 Å². The molecule has 0 aromatic heterocycles. The quantitative estimate of drug-likeness (QED) is 0.0153. The standard InChI is InChI=1S/C51H90N6O27/c1-51(2,3)84-50(75)34(56-42(67)30-57-43(68)8-9-44(57)69)5-7-39(64)52-11-13-77-15-17-79-19-21-81-23-25-83-27-26-82-24-22-80-20-18-78-16-14-76-12-10-41(66)55-33(49(74)54-29-36(61)46(71)48(73)38(63)32-59)4-6-40(65)53-28-35(60)45(70)47(72)37(62)31-58/h8-9,33-38,45-48,58-63,70-73H,4-7,10-32H2,1-3H3,(H,52,64)(H,53,65)(H,54,74)(H,55,66)(H,56,67)/t33-,34-,35-,36-,37+,38+,45+,46+,47+,48+/m0/s1. The van der Waals surface area contributed by atoms with Crippen LogP contribution >= 0.6 is 0 Å². The smallest absolute Gasteiger partial charge is 0.329 e. The number of amides is 7. The lowest BCUT2D eigenvalue weighted by Gasteiger charge is -2.26. The Morgan fingerprint density at radius 3 is 1.23 bits per heavy atom. The second-order valence-electron chi connectivity index (χ2n) is 19.6. The summed E-state index contributed by atoms with van der Waals surface area (Å²) in [4.78, 5) is 100. The Labute approximate surface area is 486 Å². The van der Waals surface area contributed by atoms with Gasteiger partial charge in [-0.3, -0.25) is 38.5 Å². The van der Waals surface area contributed by atoms with Crippen LogP contribution in [-0.2, 0) is 81.0 Å². The number of imide groups is 1. The van der Waals surface area contributed by atoms with Gasteiger partial charge in [0.05, 0.1) is 131 Å². The molecule has 7 amide bonds. The summed E-state index contributed by atoms with van der Waals surface area (Å²) < 4.78 is 49.0. The number of hydrogen-bond acceptors (Lipinski definition) is 27. The molecular formula is C51H90N6O27. The van der Waals surface area contributed by atoms with E-state index in [-0.39, 0.29) is 78.5 Å². The summed E-state index contributed by atoms with van der Waals surface area (Å²) in [6.45, 7) is 5.47. The number of nitrogens with one attached hydrogen (secondary N) is 5. The molecule has 0 bridgehead atoms. The third-order valence-corrected chi connectivity index (χ3v) is 11.5. The zero-order valence-corrected chi connectivity index (χ0v) is 47.9. The summed E-state index contributed by atoms with van der Waals surface area (Å²) >= 11 is 0. The first-order chi connectivity index (χ1) is 39.9. The molecule has 486 valence electrons. The average Bonchev–Trinajstić information content (AvgIpc) is 3.92. The second kappa shape index (κ2) is 45.3. The normalized spacial score (nSPS) is 16.2. The van der Waals surface area contributed by atoms with Gasteiger partial charge >= 0.3 is 5.97 Å². The van der Waals surface area contributed by atoms with E-state index in [1.807, 2.05) is 0 Å². The number of aliphatic hydroxyl groups is 10. The topological polar surface area (TPSA) is 485 Å². The molecule has 33 heteroatoms. The van der Waals surface area contributed by atoms with E-state index in [1.165, 1.54) is 0 Å². The van der Waals surface area contributed by atoms with Crippen LogP contribution in [0.1, 0.15) is 52.9 Å². The minimum Gasteiger partial charge on any atom is -0.458 e. The number of ether oxygens (including phenoxy) is 9. The molecule has 0 saturated heterocycles. The van der Waals surface area contributed by atoms with Crippen LogP contribution in [0, 0.1) is 0 Å². The highest BCUT2D eigenvalue weighted by molar-refractivity contribution is 6.14. The Morgan fingerprint density at radius 1 is 0.452 bits per heavy atom. The summed E-state index contributed by atoms with van der Waals surface area (Å²) in [7, 11) is 0. The minimum absolute atomic E-state index is 0.0904. The summed E-state index contributed by atoms with van der Waals surface area (Å²) in [6, 6.07) is -2.60. The van der Waals surface area contributed by atoms with Gasteiger partial charge in [0.1, 0.15) is 60.9 Å². The number of aliphatic hydroxyl groups excluding tert-OH is 10. The van der Waals surface area contributed by atoms with Gasteiger partial charge in [0.15, 0.2) is 0 Å². The molecule has 33 nitrogen and oxygen atoms in total. The van der Waals surface area contributed by atoms with E-state index < -0.39 is 153 Å². The highest BCUT2D eigenvalue weighted by Crippen LogP contribution is 2.12. The van der Waals surface area contributed by atoms with Crippen molar-refractivity contribution in [1.82, 2.24) is 31.5 Å². The summed E-state index contributed by atoms with van der Waals surface area (Å²) in [6.07, 6.45) is -14.2. The first-order valence-corrected chi connectivity index (χ1v) is 27.4. The Kier molecular flexibility index (Phi) is 41.5. The van der Waals surface area contributed by atoms with Crippen LogP contribution in [0.2, 0.25) is 0 Å². The van der Waals surface area contributed by atoms with Gasteiger partial charge in [-0.2, -0.15) is 0 Å². The maximum Gasteiger partial charge on any atom is 0.329 e. The fourth-order valence-corrected chi connectivity index (χ4v) is 6.84. The van der Waals surface area contributed by atoms with E-state index in [9.17, 15) is 79.2 Å². The first kappa shape index (κ1) is 77.0. The molecule has 0 spiro atoms. The molecule has 10 atom stereocenters. The molecule has 1 heterocycles. The molecule has 84 heavy (non-hydrogen) atoms. The Hall–Kier alpha value is -5.02. The maximum absolute atomic E-state index is 13.0. The van der Waals surface area contributed by atoms with Crippen molar-refractivity contribution < 1.29 is 132 Å². The third-order valence-electron chi connectivity index (χ3n) is 11.5. The number of carbonyl (C=O) groups is 8.